The molecule has 0 spiro atoms. The average Bonchev–Trinajstić information content (AvgIpc) is 3.24. The number of amides is 1. The van der Waals surface area contributed by atoms with Crippen molar-refractivity contribution in [1.82, 2.24) is 10.3 Å². The molecule has 1 heterocycles. The second kappa shape index (κ2) is 10.1. The number of ether oxygens (including phenoxy) is 1. The number of carbonyl (C=O) groups is 3. The lowest BCUT2D eigenvalue weighted by atomic mass is 9.47. The highest BCUT2D eigenvalue weighted by Crippen LogP contribution is 2.66. The maximum absolute atomic E-state index is 12.4. The monoisotopic (exact) mass is 506 g/mol. The van der Waals surface area contributed by atoms with Crippen molar-refractivity contribution < 1.29 is 24.2 Å². The predicted molar refractivity (Wildman–Crippen MR) is 139 cm³/mol. The van der Waals surface area contributed by atoms with Crippen LogP contribution in [0.2, 0.25) is 0 Å². The fourth-order valence-corrected chi connectivity index (χ4v) is 7.99. The van der Waals surface area contributed by atoms with E-state index in [0.717, 1.165) is 32.1 Å². The zero-order chi connectivity index (χ0) is 26.2. The van der Waals surface area contributed by atoms with Crippen molar-refractivity contribution in [2.75, 3.05) is 6.54 Å². The van der Waals surface area contributed by atoms with E-state index < -0.39 is 18.4 Å². The van der Waals surface area contributed by atoms with Crippen molar-refractivity contribution in [1.29, 1.82) is 0 Å². The van der Waals surface area contributed by atoms with Gasteiger partial charge in [0.25, 0.3) is 0 Å². The van der Waals surface area contributed by atoms with Gasteiger partial charge < -0.3 is 15.2 Å². The summed E-state index contributed by atoms with van der Waals surface area (Å²) in [6.45, 7) is 4.47. The van der Waals surface area contributed by atoms with E-state index in [4.69, 9.17) is 9.84 Å². The van der Waals surface area contributed by atoms with Crippen LogP contribution in [0.4, 0.5) is 0 Å². The Kier molecular flexibility index (Phi) is 6.99. The van der Waals surface area contributed by atoms with Gasteiger partial charge in [0.1, 0.15) is 12.6 Å². The number of aromatic nitrogens is 1. The van der Waals surface area contributed by atoms with Gasteiger partial charge in [-0.1, -0.05) is 37.6 Å². The fourth-order valence-electron chi connectivity index (χ4n) is 7.99. The lowest BCUT2D eigenvalue weighted by molar-refractivity contribution is -0.152. The lowest BCUT2D eigenvalue weighted by Gasteiger charge is -2.57. The highest BCUT2D eigenvalue weighted by molar-refractivity contribution is 5.84. The van der Waals surface area contributed by atoms with Gasteiger partial charge in [-0.3, -0.25) is 19.4 Å². The molecule has 5 rings (SSSR count). The maximum Gasteiger partial charge on any atom is 0.322 e. The molecule has 4 aliphatic rings. The summed E-state index contributed by atoms with van der Waals surface area (Å²) >= 11 is 0. The van der Waals surface area contributed by atoms with Crippen molar-refractivity contribution in [2.24, 2.45) is 28.6 Å². The minimum Gasteiger partial charge on any atom is -0.480 e. The molecule has 0 radical (unpaired) electrons. The first-order valence-electron chi connectivity index (χ1n) is 13.7. The second-order valence-corrected chi connectivity index (χ2v) is 11.8. The van der Waals surface area contributed by atoms with Crippen LogP contribution in [0, 0.1) is 28.6 Å². The van der Waals surface area contributed by atoms with Gasteiger partial charge in [-0.2, -0.15) is 0 Å². The number of fused-ring (bicyclic) bond motifs is 5. The molecule has 7 heteroatoms. The largest absolute Gasteiger partial charge is 0.480 e. The number of rotatable bonds is 7. The molecule has 0 unspecified atom stereocenters. The van der Waals surface area contributed by atoms with Crippen LogP contribution in [-0.2, 0) is 19.1 Å². The number of allylic oxidation sites excluding steroid dienone is 3. The van der Waals surface area contributed by atoms with E-state index in [1.165, 1.54) is 29.6 Å². The minimum atomic E-state index is -1.11. The van der Waals surface area contributed by atoms with Gasteiger partial charge in [-0.25, -0.2) is 0 Å². The molecule has 4 aliphatic carbocycles. The van der Waals surface area contributed by atoms with E-state index in [2.05, 4.69) is 42.4 Å². The van der Waals surface area contributed by atoms with Crippen molar-refractivity contribution >= 4 is 23.4 Å². The molecule has 2 saturated carbocycles. The Labute approximate surface area is 218 Å². The maximum atomic E-state index is 12.4. The Morgan fingerprint density at radius 1 is 1.08 bits per heavy atom. The van der Waals surface area contributed by atoms with E-state index in [1.807, 2.05) is 18.5 Å². The Bertz CT molecular complexity index is 1130. The molecule has 6 atom stereocenters. The van der Waals surface area contributed by atoms with Crippen LogP contribution in [0.1, 0.15) is 77.2 Å². The highest BCUT2D eigenvalue weighted by atomic mass is 16.5. The molecule has 0 saturated heterocycles. The van der Waals surface area contributed by atoms with Gasteiger partial charge in [0.15, 0.2) is 0 Å². The molecule has 37 heavy (non-hydrogen) atoms. The van der Waals surface area contributed by atoms with Gasteiger partial charge in [0, 0.05) is 25.2 Å². The Hall–Kier alpha value is -2.96. The quantitative estimate of drug-likeness (QED) is 0.401. The van der Waals surface area contributed by atoms with E-state index in [0.29, 0.717) is 17.8 Å². The van der Waals surface area contributed by atoms with E-state index in [-0.39, 0.29) is 35.7 Å². The van der Waals surface area contributed by atoms with Crippen LogP contribution in [0.25, 0.3) is 5.57 Å². The number of nitrogens with zero attached hydrogens (tertiary/aromatic N) is 1. The third-order valence-electron chi connectivity index (χ3n) is 9.90. The number of pyridine rings is 1. The van der Waals surface area contributed by atoms with E-state index in [1.54, 1.807) is 0 Å². The highest BCUT2D eigenvalue weighted by Gasteiger charge is 2.57. The summed E-state index contributed by atoms with van der Waals surface area (Å²) in [4.78, 5) is 39.0. The molecule has 7 nitrogen and oxygen atoms in total. The van der Waals surface area contributed by atoms with E-state index in [9.17, 15) is 14.4 Å². The summed E-state index contributed by atoms with van der Waals surface area (Å²) in [6.07, 6.45) is 15.8. The molecular formula is C30H38N2O5. The van der Waals surface area contributed by atoms with Gasteiger partial charge >= 0.3 is 11.9 Å². The zero-order valence-corrected chi connectivity index (χ0v) is 21.9. The van der Waals surface area contributed by atoms with Crippen LogP contribution in [-0.4, -0.2) is 40.6 Å². The Morgan fingerprint density at radius 2 is 1.89 bits per heavy atom. The van der Waals surface area contributed by atoms with Gasteiger partial charge in [0.05, 0.1) is 6.42 Å². The first-order chi connectivity index (χ1) is 17.7. The Morgan fingerprint density at radius 3 is 2.65 bits per heavy atom. The van der Waals surface area contributed by atoms with Crippen LogP contribution in [0.5, 0.6) is 0 Å². The van der Waals surface area contributed by atoms with Gasteiger partial charge in [0.2, 0.25) is 5.91 Å². The van der Waals surface area contributed by atoms with Crippen molar-refractivity contribution in [3.05, 3.63) is 47.8 Å². The molecule has 0 aromatic carbocycles. The minimum absolute atomic E-state index is 0.0322. The molecule has 1 amide bonds. The summed E-state index contributed by atoms with van der Waals surface area (Å²) in [7, 11) is 0. The predicted octanol–water partition coefficient (Wildman–Crippen LogP) is 4.93. The van der Waals surface area contributed by atoms with Crippen molar-refractivity contribution in [3.8, 4) is 0 Å². The number of carbonyl (C=O) groups excluding carboxylic acids is 2. The lowest BCUT2D eigenvalue weighted by Crippen LogP contribution is -2.50. The number of hydrogen-bond donors (Lipinski definition) is 2. The molecular weight excluding hydrogens is 468 g/mol. The number of aliphatic carboxylic acids is 1. The Balaban J connectivity index is 1.21. The van der Waals surface area contributed by atoms with E-state index >= 15 is 0 Å². The number of carboxylic acid groups (broad SMARTS) is 1. The van der Waals surface area contributed by atoms with Crippen molar-refractivity contribution in [3.63, 3.8) is 0 Å². The smallest absolute Gasteiger partial charge is 0.322 e. The van der Waals surface area contributed by atoms with Crippen LogP contribution >= 0.6 is 0 Å². The summed E-state index contributed by atoms with van der Waals surface area (Å²) < 4.78 is 5.76. The molecule has 198 valence electrons. The molecule has 0 bridgehead atoms. The first kappa shape index (κ1) is 25.7. The summed E-state index contributed by atoms with van der Waals surface area (Å²) in [5, 5.41) is 10.9. The summed E-state index contributed by atoms with van der Waals surface area (Å²) in [5.74, 6) is 0.0303. The number of nitrogens with one attached hydrogen (secondary N) is 1. The molecule has 1 aromatic rings. The molecule has 0 aliphatic heterocycles. The fraction of sp³-hybridized carbons (Fsp3) is 0.600. The standard InChI is InChI=1S/C30H38N2O5/c1-29-13-11-21(37-28(36)10-9-26(33)32-18-27(34)35)16-20(29)5-6-22-24-8-7-23(19-4-3-15-31-17-19)30(24,2)14-12-25(22)29/h3-5,7,15,17,21-22,24-25H,6,8-14,16,18H2,1-2H3,(H,32,33)(H,34,35)/t21-,22-,24-,25-,29-,30+/m0/s1. The molecule has 2 N–H and O–H groups in total. The average molecular weight is 507 g/mol. The third-order valence-corrected chi connectivity index (χ3v) is 9.90. The topological polar surface area (TPSA) is 106 Å². The normalized spacial score (nSPS) is 34.2. The number of esters is 1. The van der Waals surface area contributed by atoms with Crippen LogP contribution in [0.15, 0.2) is 42.3 Å². The van der Waals surface area contributed by atoms with Crippen LogP contribution in [0.3, 0.4) is 0 Å². The first-order valence-corrected chi connectivity index (χ1v) is 13.7. The zero-order valence-electron chi connectivity index (χ0n) is 21.9. The SMILES string of the molecule is C[C@]12CC[C@H](OC(=O)CCC(=O)NCC(=O)O)CC1=CC[C@@H]1[C@@H]2CC[C@]2(C)C(c3cccnc3)=CC[C@@H]12. The van der Waals surface area contributed by atoms with Gasteiger partial charge in [-0.15, -0.1) is 0 Å². The van der Waals surface area contributed by atoms with Crippen molar-refractivity contribution in [2.45, 2.75) is 77.7 Å². The van der Waals surface area contributed by atoms with Gasteiger partial charge in [-0.05, 0) is 84.3 Å². The second-order valence-electron chi connectivity index (χ2n) is 11.8. The van der Waals surface area contributed by atoms with Crippen LogP contribution < -0.4 is 5.32 Å². The molecule has 2 fully saturated rings. The molecule has 1 aromatic heterocycles. The number of carboxylic acids is 1. The number of hydrogen-bond acceptors (Lipinski definition) is 5. The third kappa shape index (κ3) is 4.85. The summed E-state index contributed by atoms with van der Waals surface area (Å²) in [6, 6.07) is 4.23. The summed E-state index contributed by atoms with van der Waals surface area (Å²) in [5.41, 5.74) is 4.55.